The van der Waals surface area contributed by atoms with Crippen LogP contribution in [0.5, 0.6) is 0 Å². The molecule has 0 bridgehead atoms. The van der Waals surface area contributed by atoms with Gasteiger partial charge in [0.1, 0.15) is 12.7 Å². The third kappa shape index (κ3) is 6.75. The predicted octanol–water partition coefficient (Wildman–Crippen LogP) is -0.248. The van der Waals surface area contributed by atoms with Crippen molar-refractivity contribution < 1.29 is 12.8 Å². The second-order valence-electron chi connectivity index (χ2n) is 1.38. The van der Waals surface area contributed by atoms with Gasteiger partial charge in [-0.15, -0.1) is 0 Å². The van der Waals surface area contributed by atoms with Gasteiger partial charge in [0.25, 0.3) is 0 Å². The Bertz CT molecular complexity index is 293. The number of halogens is 1. The molecule has 0 aliphatic heterocycles. The molecule has 0 fully saturated rings. The molecule has 1 aromatic rings. The van der Waals surface area contributed by atoms with Crippen molar-refractivity contribution in [2.45, 2.75) is 0 Å². The van der Waals surface area contributed by atoms with E-state index < -0.39 is 16.8 Å². The molecule has 1 rings (SSSR count). The van der Waals surface area contributed by atoms with E-state index in [-0.39, 0.29) is 0 Å². The number of hydrogen-bond donors (Lipinski definition) is 1. The minimum absolute atomic E-state index is 0.741. The highest BCUT2D eigenvalue weighted by Gasteiger charge is 1.81. The summed E-state index contributed by atoms with van der Waals surface area (Å²) in [5, 5.41) is 0.870. The summed E-state index contributed by atoms with van der Waals surface area (Å²) in [6.07, 6.45) is 1.46. The van der Waals surface area contributed by atoms with Crippen LogP contribution in [-0.2, 0) is 10.7 Å². The summed E-state index contributed by atoms with van der Waals surface area (Å²) >= 11 is 0. The van der Waals surface area contributed by atoms with Crippen LogP contribution in [0.2, 0.25) is 0 Å². The average Bonchev–Trinajstić information content (AvgIpc) is 2.07. The summed E-state index contributed by atoms with van der Waals surface area (Å²) in [5.74, 6) is 0. The van der Waals surface area contributed by atoms with E-state index in [9.17, 15) is 12.8 Å². The minimum Gasteiger partial charge on any atom is -0.227 e. The lowest BCUT2D eigenvalue weighted by molar-refractivity contribution is 0.532. The van der Waals surface area contributed by atoms with Gasteiger partial charge in [0, 0.05) is 5.41 Å². The van der Waals surface area contributed by atoms with Gasteiger partial charge in [-0.05, 0) is 0 Å². The molecule has 0 N–H and O–H groups in total. The molecule has 1 heterocycles. The van der Waals surface area contributed by atoms with E-state index in [2.05, 4.69) is 21.5 Å². The smallest absolute Gasteiger partial charge is 0.227 e. The molecule has 0 atom stereocenters. The highest BCUT2D eigenvalue weighted by molar-refractivity contribution is 7.75. The lowest BCUT2D eigenvalue weighted by Crippen LogP contribution is -1.85. The second kappa shape index (κ2) is 6.35. The Morgan fingerprint density at radius 2 is 1.83 bits per heavy atom. The van der Waals surface area contributed by atoms with E-state index in [4.69, 9.17) is 0 Å². The zero-order valence-electron chi connectivity index (χ0n) is 5.92. The zero-order valence-corrected chi connectivity index (χ0v) is 6.82. The highest BCUT2D eigenvalue weighted by Crippen LogP contribution is 1.75. The quantitative estimate of drug-likeness (QED) is 0.620. The maximum absolute atomic E-state index is 11.6. The normalized spacial score (nSPS) is 8.50. The van der Waals surface area contributed by atoms with Gasteiger partial charge in [0.2, 0.25) is 0 Å². The predicted molar refractivity (Wildman–Crippen MR) is 40.3 cm³/mol. The van der Waals surface area contributed by atoms with Gasteiger partial charge in [-0.1, -0.05) is 6.58 Å². The fraction of sp³-hybridized carbons (Fsp3) is 0. The maximum atomic E-state index is 11.6. The molecular weight excluding hydrogens is 185 g/mol. The fourth-order valence-electron chi connectivity index (χ4n) is 0.225. The van der Waals surface area contributed by atoms with Crippen LogP contribution in [0.25, 0.3) is 0 Å². The van der Waals surface area contributed by atoms with E-state index in [1.807, 2.05) is 0 Å². The van der Waals surface area contributed by atoms with Gasteiger partial charge in [-0.3, -0.25) is 0 Å². The van der Waals surface area contributed by atoms with Crippen molar-refractivity contribution in [3.63, 3.8) is 0 Å². The van der Waals surface area contributed by atoms with Gasteiger partial charge < -0.3 is 0 Å². The van der Waals surface area contributed by atoms with Crippen molar-refractivity contribution in [1.82, 2.24) is 15.0 Å². The summed E-state index contributed by atoms with van der Waals surface area (Å²) in [7, 11) is -2.33. The summed E-state index contributed by atoms with van der Waals surface area (Å²) in [5.41, 5.74) is 0. The molecule has 5 nitrogen and oxygen atoms in total. The number of aromatic nitrogens is 3. The standard InChI is InChI=1S/C3H2FN3.C2H4O2S/c4-3-6-1-5-2-7-3;1-2-5(3)4/h1-2H;2,5H,1H2. The summed E-state index contributed by atoms with van der Waals surface area (Å²) in [6, 6.07) is 0. The molecule has 0 aliphatic carbocycles. The zero-order chi connectivity index (χ0) is 9.40. The van der Waals surface area contributed by atoms with Gasteiger partial charge >= 0.3 is 6.08 Å². The first kappa shape index (κ1) is 10.6. The Kier molecular flexibility index (Phi) is 5.62. The topological polar surface area (TPSA) is 72.8 Å². The molecule has 0 saturated heterocycles. The van der Waals surface area contributed by atoms with Gasteiger partial charge in [-0.25, -0.2) is 13.4 Å². The Morgan fingerprint density at radius 1 is 1.42 bits per heavy atom. The summed E-state index contributed by atoms with van der Waals surface area (Å²) in [6.45, 7) is 2.96. The molecule has 0 spiro atoms. The van der Waals surface area contributed by atoms with Crippen molar-refractivity contribution in [2.75, 3.05) is 0 Å². The van der Waals surface area contributed by atoms with Crippen molar-refractivity contribution in [1.29, 1.82) is 0 Å². The van der Waals surface area contributed by atoms with Crippen molar-refractivity contribution in [3.8, 4) is 0 Å². The first-order chi connectivity index (χ1) is 5.66. The van der Waals surface area contributed by atoms with Crippen LogP contribution in [-0.4, -0.2) is 23.4 Å². The van der Waals surface area contributed by atoms with Crippen LogP contribution in [0.4, 0.5) is 4.39 Å². The first-order valence-electron chi connectivity index (χ1n) is 2.70. The molecule has 0 aliphatic rings. The molecule has 0 unspecified atom stereocenters. The summed E-state index contributed by atoms with van der Waals surface area (Å²) < 4.78 is 30.2. The Labute approximate surface area is 70.0 Å². The SMILES string of the molecule is C=C[SH](=O)=O.Fc1ncncn1. The number of thiol groups is 1. The first-order valence-corrected chi connectivity index (χ1v) is 3.95. The molecule has 0 saturated carbocycles. The van der Waals surface area contributed by atoms with Gasteiger partial charge in [0.15, 0.2) is 10.7 Å². The molecule has 12 heavy (non-hydrogen) atoms. The second-order valence-corrected chi connectivity index (χ2v) is 2.31. The van der Waals surface area contributed by atoms with E-state index in [1.54, 1.807) is 0 Å². The van der Waals surface area contributed by atoms with Crippen LogP contribution in [0.15, 0.2) is 24.6 Å². The minimum atomic E-state index is -2.33. The van der Waals surface area contributed by atoms with Crippen LogP contribution >= 0.6 is 0 Å². The Morgan fingerprint density at radius 3 is 2.00 bits per heavy atom. The largest absolute Gasteiger partial charge is 0.311 e. The van der Waals surface area contributed by atoms with E-state index in [1.165, 1.54) is 0 Å². The van der Waals surface area contributed by atoms with Crippen LogP contribution < -0.4 is 0 Å². The lowest BCUT2D eigenvalue weighted by Gasteiger charge is -1.76. The molecule has 0 amide bonds. The van der Waals surface area contributed by atoms with Gasteiger partial charge in [0.05, 0.1) is 0 Å². The van der Waals surface area contributed by atoms with Crippen LogP contribution in [0.1, 0.15) is 0 Å². The van der Waals surface area contributed by atoms with Crippen molar-refractivity contribution in [3.05, 3.63) is 30.7 Å². The van der Waals surface area contributed by atoms with E-state index >= 15 is 0 Å². The number of nitrogens with zero attached hydrogens (tertiary/aromatic N) is 3. The summed E-state index contributed by atoms with van der Waals surface area (Å²) in [4.78, 5) is 9.56. The Hall–Kier alpha value is -1.37. The highest BCUT2D eigenvalue weighted by atomic mass is 32.2. The monoisotopic (exact) mass is 191 g/mol. The van der Waals surface area contributed by atoms with E-state index in [0.717, 1.165) is 18.1 Å². The Balaban J connectivity index is 0.000000217. The van der Waals surface area contributed by atoms with Crippen molar-refractivity contribution >= 4 is 10.7 Å². The average molecular weight is 191 g/mol. The number of hydrogen-bond acceptors (Lipinski definition) is 5. The third-order valence-electron chi connectivity index (χ3n) is 0.611. The van der Waals surface area contributed by atoms with Crippen LogP contribution in [0.3, 0.4) is 0 Å². The van der Waals surface area contributed by atoms with Gasteiger partial charge in [-0.2, -0.15) is 14.4 Å². The number of rotatable bonds is 1. The third-order valence-corrected chi connectivity index (χ3v) is 0.909. The van der Waals surface area contributed by atoms with Crippen LogP contribution in [0, 0.1) is 6.08 Å². The van der Waals surface area contributed by atoms with Crippen molar-refractivity contribution in [2.24, 2.45) is 0 Å². The molecule has 1 aromatic heterocycles. The lowest BCUT2D eigenvalue weighted by atomic mass is 11.1. The fourth-order valence-corrected chi connectivity index (χ4v) is 0.225. The van der Waals surface area contributed by atoms with E-state index in [0.29, 0.717) is 0 Å². The maximum Gasteiger partial charge on any atom is 0.311 e. The molecular formula is C5H6FN3O2S. The molecule has 0 radical (unpaired) electrons. The molecule has 0 aromatic carbocycles. The molecule has 7 heteroatoms. The molecule has 66 valence electrons.